The molecule has 0 heterocycles. The van der Waals surface area contributed by atoms with Crippen LogP contribution in [0.15, 0.2) is 0 Å². The van der Waals surface area contributed by atoms with Crippen LogP contribution >= 0.6 is 0 Å². The zero-order chi connectivity index (χ0) is 10.3. The summed E-state index contributed by atoms with van der Waals surface area (Å²) in [7, 11) is 5.90. The first-order valence-electron chi connectivity index (χ1n) is 3.09. The molecule has 0 aliphatic rings. The van der Waals surface area contributed by atoms with Gasteiger partial charge >= 0.3 is 12.2 Å². The normalized spacial score (nSPS) is 7.67. The number of nitrogens with zero attached hydrogens (tertiary/aromatic N) is 2. The maximum Gasteiger partial charge on any atom is 0.406 e. The van der Waals surface area contributed by atoms with E-state index in [9.17, 15) is 9.59 Å². The molecule has 2 N–H and O–H groups in total. The minimum absolute atomic E-state index is 0.907. The Bertz CT molecular complexity index is 138. The summed E-state index contributed by atoms with van der Waals surface area (Å²) in [4.78, 5) is 21.4. The van der Waals surface area contributed by atoms with E-state index in [4.69, 9.17) is 10.2 Å². The molecular weight excluding hydrogens is 164 g/mol. The average Bonchev–Trinajstić information content (AvgIpc) is 1.88. The minimum Gasteiger partial charge on any atom is -0.465 e. The van der Waals surface area contributed by atoms with E-state index in [2.05, 4.69) is 0 Å². The van der Waals surface area contributed by atoms with Crippen molar-refractivity contribution in [3.05, 3.63) is 0 Å². The highest BCUT2D eigenvalue weighted by atomic mass is 16.4. The molecule has 12 heavy (non-hydrogen) atoms. The molecule has 0 rings (SSSR count). The van der Waals surface area contributed by atoms with Gasteiger partial charge in [-0.15, -0.1) is 0 Å². The highest BCUT2D eigenvalue weighted by molar-refractivity contribution is 5.64. The second-order valence-corrected chi connectivity index (χ2v) is 2.35. The first kappa shape index (κ1) is 13.2. The van der Waals surface area contributed by atoms with Crippen LogP contribution in [0.4, 0.5) is 9.59 Å². The number of rotatable bonds is 0. The number of carboxylic acid groups (broad SMARTS) is 2. The number of amides is 2. The molecule has 0 aromatic heterocycles. The largest absolute Gasteiger partial charge is 0.465 e. The Labute approximate surface area is 71.0 Å². The fourth-order valence-corrected chi connectivity index (χ4v) is 0. The molecule has 0 aromatic carbocycles. The van der Waals surface area contributed by atoms with Gasteiger partial charge in [-0.2, -0.15) is 0 Å². The molecule has 0 aromatic rings. The second kappa shape index (κ2) is 6.26. The molecule has 72 valence electrons. The Morgan fingerprint density at radius 1 is 0.833 bits per heavy atom. The molecule has 0 spiro atoms. The van der Waals surface area contributed by atoms with Gasteiger partial charge in [0, 0.05) is 28.2 Å². The van der Waals surface area contributed by atoms with E-state index < -0.39 is 12.2 Å². The van der Waals surface area contributed by atoms with Crippen molar-refractivity contribution in [2.75, 3.05) is 28.2 Å². The Morgan fingerprint density at radius 3 is 0.917 bits per heavy atom. The summed E-state index contributed by atoms with van der Waals surface area (Å²) in [6.07, 6.45) is -1.81. The molecule has 0 saturated carbocycles. The fourth-order valence-electron chi connectivity index (χ4n) is 0. The van der Waals surface area contributed by atoms with Crippen molar-refractivity contribution in [2.24, 2.45) is 0 Å². The zero-order valence-corrected chi connectivity index (χ0v) is 7.61. The third-order valence-corrected chi connectivity index (χ3v) is 0.765. The van der Waals surface area contributed by atoms with Crippen molar-refractivity contribution in [2.45, 2.75) is 0 Å². The van der Waals surface area contributed by atoms with Gasteiger partial charge in [-0.1, -0.05) is 0 Å². The maximum atomic E-state index is 9.62. The first-order valence-corrected chi connectivity index (χ1v) is 3.09. The Morgan fingerprint density at radius 2 is 0.917 bits per heavy atom. The van der Waals surface area contributed by atoms with Gasteiger partial charge in [-0.3, -0.25) is 0 Å². The van der Waals surface area contributed by atoms with Crippen molar-refractivity contribution in [3.63, 3.8) is 0 Å². The van der Waals surface area contributed by atoms with Crippen molar-refractivity contribution in [1.82, 2.24) is 9.80 Å². The van der Waals surface area contributed by atoms with E-state index in [0.29, 0.717) is 0 Å². The SMILES string of the molecule is CN(C)C(=O)O.CN(C)C(=O)O. The predicted octanol–water partition coefficient (Wildman–Crippen LogP) is 0.452. The minimum atomic E-state index is -0.907. The summed E-state index contributed by atoms with van der Waals surface area (Å²) < 4.78 is 0. The van der Waals surface area contributed by atoms with Crippen molar-refractivity contribution in [3.8, 4) is 0 Å². The van der Waals surface area contributed by atoms with Gasteiger partial charge in [0.1, 0.15) is 0 Å². The van der Waals surface area contributed by atoms with Gasteiger partial charge in [0.25, 0.3) is 0 Å². The summed E-state index contributed by atoms with van der Waals surface area (Å²) >= 11 is 0. The number of carbonyl (C=O) groups is 2. The Balaban J connectivity index is 0. The van der Waals surface area contributed by atoms with E-state index in [1.165, 1.54) is 28.2 Å². The lowest BCUT2D eigenvalue weighted by Crippen LogP contribution is -2.18. The van der Waals surface area contributed by atoms with E-state index in [1.807, 2.05) is 0 Å². The van der Waals surface area contributed by atoms with E-state index in [1.54, 1.807) is 0 Å². The quantitative estimate of drug-likeness (QED) is 0.564. The lowest BCUT2D eigenvalue weighted by molar-refractivity contribution is 0.164. The lowest BCUT2D eigenvalue weighted by atomic mass is 10.9. The van der Waals surface area contributed by atoms with Crippen molar-refractivity contribution in [1.29, 1.82) is 0 Å². The molecule has 0 radical (unpaired) electrons. The third-order valence-electron chi connectivity index (χ3n) is 0.765. The summed E-state index contributed by atoms with van der Waals surface area (Å²) in [6, 6.07) is 0. The Hall–Kier alpha value is -1.46. The maximum absolute atomic E-state index is 9.62. The predicted molar refractivity (Wildman–Crippen MR) is 43.4 cm³/mol. The van der Waals surface area contributed by atoms with Crippen LogP contribution in [-0.2, 0) is 0 Å². The average molecular weight is 178 g/mol. The lowest BCUT2D eigenvalue weighted by Gasteiger charge is -1.99. The van der Waals surface area contributed by atoms with Gasteiger partial charge < -0.3 is 20.0 Å². The molecule has 2 amide bonds. The smallest absolute Gasteiger partial charge is 0.406 e. The van der Waals surface area contributed by atoms with E-state index >= 15 is 0 Å². The highest BCUT2D eigenvalue weighted by Crippen LogP contribution is 1.70. The van der Waals surface area contributed by atoms with Gasteiger partial charge in [-0.25, -0.2) is 9.59 Å². The molecule has 0 aliphatic heterocycles. The van der Waals surface area contributed by atoms with Crippen LogP contribution in [0.5, 0.6) is 0 Å². The Kier molecular flexibility index (Phi) is 6.86. The zero-order valence-electron chi connectivity index (χ0n) is 7.61. The molecule has 0 saturated heterocycles. The fraction of sp³-hybridized carbons (Fsp3) is 0.667. The number of hydrogen-bond acceptors (Lipinski definition) is 2. The van der Waals surface area contributed by atoms with Crippen LogP contribution in [0.1, 0.15) is 0 Å². The molecule has 0 atom stereocenters. The van der Waals surface area contributed by atoms with Crippen LogP contribution < -0.4 is 0 Å². The van der Waals surface area contributed by atoms with Crippen LogP contribution in [0.25, 0.3) is 0 Å². The van der Waals surface area contributed by atoms with Gasteiger partial charge in [0.2, 0.25) is 0 Å². The second-order valence-electron chi connectivity index (χ2n) is 2.35. The van der Waals surface area contributed by atoms with Crippen LogP contribution in [0, 0.1) is 0 Å². The topological polar surface area (TPSA) is 81.1 Å². The summed E-state index contributed by atoms with van der Waals surface area (Å²) in [5, 5.41) is 15.8. The first-order chi connectivity index (χ1) is 5.29. The van der Waals surface area contributed by atoms with Crippen LogP contribution in [-0.4, -0.2) is 60.4 Å². The van der Waals surface area contributed by atoms with Gasteiger partial charge in [0.05, 0.1) is 0 Å². The third kappa shape index (κ3) is 11.4. The molecule has 0 aliphatic carbocycles. The standard InChI is InChI=1S/2C3H7NO2/c2*1-4(2)3(5)6/h2*1-2H3,(H,5,6). The molecule has 6 nitrogen and oxygen atoms in total. The number of hydrogen-bond donors (Lipinski definition) is 2. The monoisotopic (exact) mass is 178 g/mol. The molecular formula is C6H14N2O4. The summed E-state index contributed by atoms with van der Waals surface area (Å²) in [5.41, 5.74) is 0. The highest BCUT2D eigenvalue weighted by Gasteiger charge is 1.92. The van der Waals surface area contributed by atoms with Crippen molar-refractivity contribution >= 4 is 12.2 Å². The van der Waals surface area contributed by atoms with Gasteiger partial charge in [-0.05, 0) is 0 Å². The molecule has 0 fully saturated rings. The molecule has 0 unspecified atom stereocenters. The van der Waals surface area contributed by atoms with E-state index in [0.717, 1.165) is 9.80 Å². The summed E-state index contributed by atoms with van der Waals surface area (Å²) in [6.45, 7) is 0. The molecule has 0 bridgehead atoms. The van der Waals surface area contributed by atoms with Crippen LogP contribution in [0.2, 0.25) is 0 Å². The van der Waals surface area contributed by atoms with E-state index in [-0.39, 0.29) is 0 Å². The summed E-state index contributed by atoms with van der Waals surface area (Å²) in [5.74, 6) is 0. The van der Waals surface area contributed by atoms with Crippen LogP contribution in [0.3, 0.4) is 0 Å². The van der Waals surface area contributed by atoms with Crippen molar-refractivity contribution < 1.29 is 19.8 Å². The molecule has 6 heteroatoms. The van der Waals surface area contributed by atoms with Gasteiger partial charge in [0.15, 0.2) is 0 Å².